The third-order valence-corrected chi connectivity index (χ3v) is 4.55. The summed E-state index contributed by atoms with van der Waals surface area (Å²) in [7, 11) is 5.83. The average Bonchev–Trinajstić information content (AvgIpc) is 2.61. The van der Waals surface area contributed by atoms with Crippen LogP contribution in [0, 0.1) is 5.92 Å². The van der Waals surface area contributed by atoms with Gasteiger partial charge in [0.25, 0.3) is 0 Å². The van der Waals surface area contributed by atoms with Gasteiger partial charge in [-0.15, -0.1) is 0 Å². The third-order valence-electron chi connectivity index (χ3n) is 4.55. The van der Waals surface area contributed by atoms with E-state index in [4.69, 9.17) is 4.74 Å². The van der Waals surface area contributed by atoms with Gasteiger partial charge in [0.05, 0.1) is 12.5 Å². The lowest BCUT2D eigenvalue weighted by molar-refractivity contribution is -0.136. The molecule has 0 spiro atoms. The third kappa shape index (κ3) is 5.11. The van der Waals surface area contributed by atoms with Gasteiger partial charge in [0.1, 0.15) is 0 Å². The molecule has 1 aliphatic rings. The maximum Gasteiger partial charge on any atom is 0.409 e. The summed E-state index contributed by atoms with van der Waals surface area (Å²) in [4.78, 5) is 30.1. The first-order valence-corrected chi connectivity index (χ1v) is 8.85. The van der Waals surface area contributed by atoms with Crippen LogP contribution in [0.15, 0.2) is 24.3 Å². The maximum atomic E-state index is 12.7. The quantitative estimate of drug-likeness (QED) is 0.821. The van der Waals surface area contributed by atoms with Crippen molar-refractivity contribution >= 4 is 17.7 Å². The van der Waals surface area contributed by atoms with E-state index in [9.17, 15) is 9.59 Å². The van der Waals surface area contributed by atoms with E-state index in [2.05, 4.69) is 12.1 Å². The summed E-state index contributed by atoms with van der Waals surface area (Å²) in [6.45, 7) is 3.83. The fourth-order valence-corrected chi connectivity index (χ4v) is 3.12. The summed E-state index contributed by atoms with van der Waals surface area (Å²) in [5.41, 5.74) is 2.23. The van der Waals surface area contributed by atoms with Crippen molar-refractivity contribution in [1.29, 1.82) is 0 Å². The Kier molecular flexibility index (Phi) is 6.67. The van der Waals surface area contributed by atoms with Crippen LogP contribution in [0.2, 0.25) is 0 Å². The molecule has 0 radical (unpaired) electrons. The molecule has 0 saturated carbocycles. The van der Waals surface area contributed by atoms with Crippen LogP contribution in [-0.4, -0.2) is 62.6 Å². The van der Waals surface area contributed by atoms with E-state index in [-0.39, 0.29) is 17.9 Å². The summed E-state index contributed by atoms with van der Waals surface area (Å²) in [6.07, 6.45) is 1.33. The normalized spacial score (nSPS) is 17.1. The Morgan fingerprint density at radius 3 is 2.48 bits per heavy atom. The fourth-order valence-electron chi connectivity index (χ4n) is 3.12. The molecule has 1 aromatic rings. The van der Waals surface area contributed by atoms with E-state index in [0.717, 1.165) is 24.1 Å². The monoisotopic (exact) mass is 347 g/mol. The van der Waals surface area contributed by atoms with Gasteiger partial charge in [0.15, 0.2) is 0 Å². The van der Waals surface area contributed by atoms with E-state index in [0.29, 0.717) is 26.2 Å². The molecule has 2 amide bonds. The summed E-state index contributed by atoms with van der Waals surface area (Å²) in [5.74, 6) is -0.0603. The maximum absolute atomic E-state index is 12.7. The highest BCUT2D eigenvalue weighted by Gasteiger charge is 2.30. The van der Waals surface area contributed by atoms with Gasteiger partial charge in [-0.3, -0.25) is 4.79 Å². The van der Waals surface area contributed by atoms with Crippen molar-refractivity contribution in [3.05, 3.63) is 29.8 Å². The van der Waals surface area contributed by atoms with Crippen molar-refractivity contribution in [3.63, 3.8) is 0 Å². The first-order chi connectivity index (χ1) is 11.9. The number of anilines is 1. The number of piperidine rings is 1. The molecule has 2 rings (SSSR count). The second-order valence-electron chi connectivity index (χ2n) is 6.74. The predicted octanol–water partition coefficient (Wildman–Crippen LogP) is 2.58. The van der Waals surface area contributed by atoms with Crippen LogP contribution in [0.25, 0.3) is 0 Å². The summed E-state index contributed by atoms with van der Waals surface area (Å²) >= 11 is 0. The molecule has 1 aliphatic heterocycles. The minimum absolute atomic E-state index is 0.0886. The number of nitrogens with zero attached hydrogens (tertiary/aromatic N) is 3. The molecule has 6 heteroatoms. The standard InChI is InChI=1S/C19H29N3O3/c1-5-25-19(24)22-12-6-7-16(14-22)18(23)21(4)13-15-8-10-17(11-9-15)20(2)3/h8-11,16H,5-7,12-14H2,1-4H3. The molecule has 6 nitrogen and oxygen atoms in total. The molecule has 0 N–H and O–H groups in total. The Hall–Kier alpha value is -2.24. The summed E-state index contributed by atoms with van der Waals surface area (Å²) < 4.78 is 5.05. The van der Waals surface area contributed by atoms with E-state index < -0.39 is 0 Å². The molecule has 25 heavy (non-hydrogen) atoms. The van der Waals surface area contributed by atoms with Gasteiger partial charge in [0, 0.05) is 46.5 Å². The Bertz CT molecular complexity index is 586. The summed E-state index contributed by atoms with van der Waals surface area (Å²) in [6, 6.07) is 8.20. The van der Waals surface area contributed by atoms with Crippen LogP contribution in [0.1, 0.15) is 25.3 Å². The van der Waals surface area contributed by atoms with Crippen LogP contribution in [0.3, 0.4) is 0 Å². The van der Waals surface area contributed by atoms with Crippen molar-refractivity contribution in [2.24, 2.45) is 5.92 Å². The number of hydrogen-bond donors (Lipinski definition) is 0. The molecule has 1 aromatic carbocycles. The molecule has 138 valence electrons. The van der Waals surface area contributed by atoms with Gasteiger partial charge in [-0.05, 0) is 37.5 Å². The molecule has 1 fully saturated rings. The Morgan fingerprint density at radius 1 is 1.20 bits per heavy atom. The molecule has 1 atom stereocenters. The number of rotatable bonds is 5. The minimum Gasteiger partial charge on any atom is -0.450 e. The van der Waals surface area contributed by atoms with E-state index in [1.807, 2.05) is 38.2 Å². The second kappa shape index (κ2) is 8.74. The van der Waals surface area contributed by atoms with Crippen molar-refractivity contribution in [1.82, 2.24) is 9.80 Å². The number of benzene rings is 1. The number of carbonyl (C=O) groups excluding carboxylic acids is 2. The van der Waals surface area contributed by atoms with Crippen molar-refractivity contribution < 1.29 is 14.3 Å². The number of ether oxygens (including phenoxy) is 1. The zero-order chi connectivity index (χ0) is 18.4. The van der Waals surface area contributed by atoms with Crippen LogP contribution < -0.4 is 4.90 Å². The molecule has 1 unspecified atom stereocenters. The van der Waals surface area contributed by atoms with E-state index >= 15 is 0 Å². The van der Waals surface area contributed by atoms with Crippen LogP contribution >= 0.6 is 0 Å². The number of amides is 2. The van der Waals surface area contributed by atoms with Crippen molar-refractivity contribution in [3.8, 4) is 0 Å². The Balaban J connectivity index is 1.93. The molecule has 1 heterocycles. The molecule has 0 bridgehead atoms. The largest absolute Gasteiger partial charge is 0.450 e. The van der Waals surface area contributed by atoms with Crippen molar-refractivity contribution in [2.75, 3.05) is 45.7 Å². The highest BCUT2D eigenvalue weighted by atomic mass is 16.6. The predicted molar refractivity (Wildman–Crippen MR) is 98.6 cm³/mol. The molecule has 1 saturated heterocycles. The van der Waals surface area contributed by atoms with Gasteiger partial charge >= 0.3 is 6.09 Å². The smallest absolute Gasteiger partial charge is 0.409 e. The van der Waals surface area contributed by atoms with Gasteiger partial charge in [-0.1, -0.05) is 12.1 Å². The van der Waals surface area contributed by atoms with Crippen molar-refractivity contribution in [2.45, 2.75) is 26.3 Å². The van der Waals surface area contributed by atoms with E-state index in [1.54, 1.807) is 16.7 Å². The van der Waals surface area contributed by atoms with Gasteiger partial charge in [-0.2, -0.15) is 0 Å². The van der Waals surface area contributed by atoms with Gasteiger partial charge in [-0.25, -0.2) is 4.79 Å². The first-order valence-electron chi connectivity index (χ1n) is 8.85. The van der Waals surface area contributed by atoms with Gasteiger partial charge in [0.2, 0.25) is 5.91 Å². The highest BCUT2D eigenvalue weighted by Crippen LogP contribution is 2.20. The van der Waals surface area contributed by atoms with Crippen LogP contribution in [0.4, 0.5) is 10.5 Å². The Morgan fingerprint density at radius 2 is 1.88 bits per heavy atom. The molecule has 0 aliphatic carbocycles. The van der Waals surface area contributed by atoms with Crippen LogP contribution in [-0.2, 0) is 16.1 Å². The SMILES string of the molecule is CCOC(=O)N1CCCC(C(=O)N(C)Cc2ccc(N(C)C)cc2)C1. The number of carbonyl (C=O) groups is 2. The zero-order valence-electron chi connectivity index (χ0n) is 15.7. The van der Waals surface area contributed by atoms with E-state index in [1.165, 1.54) is 0 Å². The number of likely N-dealkylation sites (tertiary alicyclic amines) is 1. The van der Waals surface area contributed by atoms with Gasteiger partial charge < -0.3 is 19.4 Å². The molecular formula is C19H29N3O3. The highest BCUT2D eigenvalue weighted by molar-refractivity contribution is 5.80. The lowest BCUT2D eigenvalue weighted by Gasteiger charge is -2.33. The first kappa shape index (κ1) is 19.1. The average molecular weight is 347 g/mol. The lowest BCUT2D eigenvalue weighted by atomic mass is 9.96. The topological polar surface area (TPSA) is 53.1 Å². The van der Waals surface area contributed by atoms with Crippen LogP contribution in [0.5, 0.6) is 0 Å². The second-order valence-corrected chi connectivity index (χ2v) is 6.74. The number of hydrogen-bond acceptors (Lipinski definition) is 4. The molecular weight excluding hydrogens is 318 g/mol. The lowest BCUT2D eigenvalue weighted by Crippen LogP contribution is -2.45. The molecule has 0 aromatic heterocycles. The minimum atomic E-state index is -0.318. The fraction of sp³-hybridized carbons (Fsp3) is 0.579. The zero-order valence-corrected chi connectivity index (χ0v) is 15.7. The summed E-state index contributed by atoms with van der Waals surface area (Å²) in [5, 5.41) is 0. The Labute approximate surface area is 150 Å².